The summed E-state index contributed by atoms with van der Waals surface area (Å²) in [5.41, 5.74) is 0.722. The first-order chi connectivity index (χ1) is 6.74. The highest BCUT2D eigenvalue weighted by atomic mass is 16.3. The van der Waals surface area contributed by atoms with Gasteiger partial charge < -0.3 is 5.32 Å². The van der Waals surface area contributed by atoms with Crippen LogP contribution in [0.2, 0.25) is 0 Å². The van der Waals surface area contributed by atoms with Crippen LogP contribution in [0.3, 0.4) is 0 Å². The molecule has 0 aliphatic carbocycles. The Labute approximate surface area is 80.9 Å². The zero-order valence-corrected chi connectivity index (χ0v) is 7.67. The molecule has 1 heterocycles. The van der Waals surface area contributed by atoms with Gasteiger partial charge in [0, 0.05) is 13.2 Å². The molecule has 0 aliphatic heterocycles. The summed E-state index contributed by atoms with van der Waals surface area (Å²) in [6.07, 6.45) is 1.63. The molecule has 0 saturated heterocycles. The minimum atomic E-state index is -0.550. The minimum Gasteiger partial charge on any atom is -0.331 e. The van der Waals surface area contributed by atoms with E-state index in [9.17, 15) is 9.70 Å². The second-order valence-electron chi connectivity index (χ2n) is 2.59. The number of aromatic nitrogens is 1. The molecule has 0 atom stereocenters. The first kappa shape index (κ1) is 10.1. The van der Waals surface area contributed by atoms with Gasteiger partial charge in [0.05, 0.1) is 17.5 Å². The molecule has 0 fully saturated rings. The number of amides is 2. The molecule has 1 aromatic heterocycles. The highest BCUT2D eigenvalue weighted by Crippen LogP contribution is 1.93. The van der Waals surface area contributed by atoms with Crippen molar-refractivity contribution in [2.45, 2.75) is 6.54 Å². The lowest BCUT2D eigenvalue weighted by Gasteiger charge is -2.07. The lowest BCUT2D eigenvalue weighted by atomic mass is 10.3. The molecular weight excluding hydrogens is 184 g/mol. The molecule has 0 radical (unpaired) electrons. The second-order valence-corrected chi connectivity index (χ2v) is 2.59. The van der Waals surface area contributed by atoms with E-state index in [0.717, 1.165) is 5.69 Å². The first-order valence-electron chi connectivity index (χ1n) is 3.99. The molecular formula is C8H10N4O2. The van der Waals surface area contributed by atoms with Crippen LogP contribution in [-0.2, 0) is 6.54 Å². The van der Waals surface area contributed by atoms with Gasteiger partial charge >= 0.3 is 6.03 Å². The van der Waals surface area contributed by atoms with E-state index in [0.29, 0.717) is 5.01 Å². The predicted octanol–water partition coefficient (Wildman–Crippen LogP) is 0.904. The topological polar surface area (TPSA) is 74.7 Å². The zero-order valence-electron chi connectivity index (χ0n) is 7.67. The van der Waals surface area contributed by atoms with E-state index in [1.54, 1.807) is 18.3 Å². The van der Waals surface area contributed by atoms with E-state index in [4.69, 9.17) is 0 Å². The highest BCUT2D eigenvalue weighted by molar-refractivity contribution is 5.73. The zero-order chi connectivity index (χ0) is 10.4. The van der Waals surface area contributed by atoms with Crippen LogP contribution in [0.1, 0.15) is 5.69 Å². The number of carbonyl (C=O) groups excluding carboxylic acids is 1. The van der Waals surface area contributed by atoms with Crippen molar-refractivity contribution in [1.82, 2.24) is 15.3 Å². The molecule has 1 aromatic rings. The molecule has 0 spiro atoms. The van der Waals surface area contributed by atoms with Crippen molar-refractivity contribution >= 4 is 6.03 Å². The van der Waals surface area contributed by atoms with Crippen molar-refractivity contribution in [1.29, 1.82) is 0 Å². The molecule has 0 aromatic carbocycles. The van der Waals surface area contributed by atoms with E-state index in [-0.39, 0.29) is 6.54 Å². The molecule has 1 N–H and O–H groups in total. The van der Waals surface area contributed by atoms with Crippen molar-refractivity contribution in [3.63, 3.8) is 0 Å². The predicted molar refractivity (Wildman–Crippen MR) is 50.0 cm³/mol. The third-order valence-electron chi connectivity index (χ3n) is 1.56. The Morgan fingerprint density at radius 3 is 3.00 bits per heavy atom. The van der Waals surface area contributed by atoms with Crippen molar-refractivity contribution in [2.75, 3.05) is 7.05 Å². The number of carbonyl (C=O) groups is 1. The van der Waals surface area contributed by atoms with E-state index < -0.39 is 6.03 Å². The van der Waals surface area contributed by atoms with E-state index in [1.165, 1.54) is 7.05 Å². The monoisotopic (exact) mass is 194 g/mol. The molecule has 1 rings (SSSR count). The van der Waals surface area contributed by atoms with Crippen molar-refractivity contribution in [2.24, 2.45) is 5.29 Å². The van der Waals surface area contributed by atoms with Crippen molar-refractivity contribution in [3.8, 4) is 0 Å². The van der Waals surface area contributed by atoms with Gasteiger partial charge in [-0.1, -0.05) is 6.07 Å². The quantitative estimate of drug-likeness (QED) is 0.573. The van der Waals surface area contributed by atoms with Crippen molar-refractivity contribution in [3.05, 3.63) is 35.0 Å². The van der Waals surface area contributed by atoms with Crippen LogP contribution < -0.4 is 5.32 Å². The van der Waals surface area contributed by atoms with E-state index in [2.05, 4.69) is 15.6 Å². The molecule has 0 aliphatic rings. The molecule has 14 heavy (non-hydrogen) atoms. The Kier molecular flexibility index (Phi) is 3.54. The summed E-state index contributed by atoms with van der Waals surface area (Å²) >= 11 is 0. The molecule has 74 valence electrons. The smallest absolute Gasteiger partial charge is 0.331 e. The molecule has 0 bridgehead atoms. The van der Waals surface area contributed by atoms with Crippen LogP contribution in [0.15, 0.2) is 29.7 Å². The van der Waals surface area contributed by atoms with E-state index in [1.807, 2.05) is 6.07 Å². The van der Waals surface area contributed by atoms with Gasteiger partial charge in [-0.05, 0) is 12.1 Å². The number of nitroso groups, excluding NO2 is 1. The van der Waals surface area contributed by atoms with Crippen molar-refractivity contribution < 1.29 is 4.79 Å². The SMILES string of the molecule is CN(N=O)C(=O)NCc1ccccn1. The summed E-state index contributed by atoms with van der Waals surface area (Å²) in [5.74, 6) is 0. The fourth-order valence-electron chi connectivity index (χ4n) is 0.820. The van der Waals surface area contributed by atoms with Gasteiger partial charge in [-0.15, -0.1) is 4.91 Å². The van der Waals surface area contributed by atoms with Gasteiger partial charge in [-0.3, -0.25) is 4.98 Å². The summed E-state index contributed by atoms with van der Waals surface area (Å²) in [6.45, 7) is 0.277. The van der Waals surface area contributed by atoms with Crippen LogP contribution in [0, 0.1) is 4.91 Å². The van der Waals surface area contributed by atoms with Crippen LogP contribution >= 0.6 is 0 Å². The first-order valence-corrected chi connectivity index (χ1v) is 3.99. The molecule has 2 amide bonds. The van der Waals surface area contributed by atoms with Gasteiger partial charge in [-0.2, -0.15) is 5.01 Å². The number of pyridine rings is 1. The Balaban J connectivity index is 2.42. The maximum atomic E-state index is 11.0. The van der Waals surface area contributed by atoms with Gasteiger partial charge in [-0.25, -0.2) is 4.79 Å². The summed E-state index contributed by atoms with van der Waals surface area (Å²) in [4.78, 5) is 25.0. The standard InChI is InChI=1S/C8H10N4O2/c1-12(11-14)8(13)10-6-7-4-2-3-5-9-7/h2-5H,6H2,1H3,(H,10,13). The van der Waals surface area contributed by atoms with Crippen LogP contribution in [0.25, 0.3) is 0 Å². The Morgan fingerprint density at radius 2 is 2.43 bits per heavy atom. The number of nitrogens with one attached hydrogen (secondary N) is 1. The van der Waals surface area contributed by atoms with Gasteiger partial charge in [0.25, 0.3) is 0 Å². The maximum absolute atomic E-state index is 11.0. The fourth-order valence-corrected chi connectivity index (χ4v) is 0.820. The minimum absolute atomic E-state index is 0.277. The molecule has 0 unspecified atom stereocenters. The fraction of sp³-hybridized carbons (Fsp3) is 0.250. The maximum Gasteiger partial charge on any atom is 0.340 e. The second kappa shape index (κ2) is 4.90. The molecule has 0 saturated carbocycles. The van der Waals surface area contributed by atoms with Gasteiger partial charge in [0.1, 0.15) is 0 Å². The summed E-state index contributed by atoms with van der Waals surface area (Å²) in [5, 5.41) is 5.62. The number of urea groups is 1. The summed E-state index contributed by atoms with van der Waals surface area (Å²) in [6, 6.07) is 4.82. The number of nitrogens with zero attached hydrogens (tertiary/aromatic N) is 3. The molecule has 6 nitrogen and oxygen atoms in total. The average molecular weight is 194 g/mol. The van der Waals surface area contributed by atoms with Crippen LogP contribution in [0.5, 0.6) is 0 Å². The average Bonchev–Trinajstić information content (AvgIpc) is 2.26. The van der Waals surface area contributed by atoms with Gasteiger partial charge in [0.2, 0.25) is 0 Å². The Morgan fingerprint density at radius 1 is 1.64 bits per heavy atom. The summed E-state index contributed by atoms with van der Waals surface area (Å²) < 4.78 is 0. The third kappa shape index (κ3) is 2.81. The number of hydrogen-bond donors (Lipinski definition) is 1. The summed E-state index contributed by atoms with van der Waals surface area (Å²) in [7, 11) is 1.28. The normalized spacial score (nSPS) is 9.21. The van der Waals surface area contributed by atoms with Gasteiger partial charge in [0.15, 0.2) is 0 Å². The Bertz CT molecular complexity index is 314. The van der Waals surface area contributed by atoms with Crippen LogP contribution in [0.4, 0.5) is 4.79 Å². The lowest BCUT2D eigenvalue weighted by Crippen LogP contribution is -2.33. The Hall–Kier alpha value is -1.98. The third-order valence-corrected chi connectivity index (χ3v) is 1.56. The largest absolute Gasteiger partial charge is 0.340 e. The van der Waals surface area contributed by atoms with E-state index >= 15 is 0 Å². The lowest BCUT2D eigenvalue weighted by molar-refractivity contribution is 0.209. The highest BCUT2D eigenvalue weighted by Gasteiger charge is 2.06. The number of rotatable bonds is 3. The molecule has 6 heteroatoms. The van der Waals surface area contributed by atoms with Crippen LogP contribution in [-0.4, -0.2) is 23.1 Å². The number of hydrogen-bond acceptors (Lipinski definition) is 4.